The zero-order chi connectivity index (χ0) is 11.5. The van der Waals surface area contributed by atoms with Crippen LogP contribution in [0, 0.1) is 5.92 Å². The van der Waals surface area contributed by atoms with E-state index in [4.69, 9.17) is 5.73 Å². The quantitative estimate of drug-likeness (QED) is 0.690. The summed E-state index contributed by atoms with van der Waals surface area (Å²) in [5, 5.41) is 5.50. The second-order valence-corrected chi connectivity index (χ2v) is 6.34. The van der Waals surface area contributed by atoms with Crippen molar-refractivity contribution in [1.82, 2.24) is 5.43 Å². The van der Waals surface area contributed by atoms with Gasteiger partial charge in [-0.25, -0.2) is 10.2 Å². The lowest BCUT2D eigenvalue weighted by Gasteiger charge is -2.38. The topological polar surface area (TPSA) is 67.5 Å². The highest BCUT2D eigenvalue weighted by molar-refractivity contribution is 8.00. The van der Waals surface area contributed by atoms with Crippen LogP contribution in [0.2, 0.25) is 0 Å². The minimum atomic E-state index is -0.564. The van der Waals surface area contributed by atoms with Crippen molar-refractivity contribution in [3.63, 3.8) is 0 Å². The normalized spacial score (nSPS) is 36.8. The first kappa shape index (κ1) is 11.8. The number of carbonyl (C=O) groups is 1. The number of primary amides is 1. The molecule has 0 aromatic rings. The third-order valence-corrected chi connectivity index (χ3v) is 4.89. The fourth-order valence-corrected chi connectivity index (χ4v) is 4.34. The first-order chi connectivity index (χ1) is 7.66. The maximum atomic E-state index is 10.7. The number of hydrogen-bond acceptors (Lipinski definition) is 3. The summed E-state index contributed by atoms with van der Waals surface area (Å²) in [6.07, 6.45) is 6.09. The molecule has 0 unspecified atom stereocenters. The third kappa shape index (κ3) is 2.70. The largest absolute Gasteiger partial charge is 0.350 e. The van der Waals surface area contributed by atoms with Crippen LogP contribution in [0.15, 0.2) is 5.10 Å². The van der Waals surface area contributed by atoms with Crippen molar-refractivity contribution in [2.75, 3.05) is 0 Å². The molecule has 0 aromatic carbocycles. The Kier molecular flexibility index (Phi) is 3.74. The Bertz CT molecular complexity index is 306. The van der Waals surface area contributed by atoms with Crippen molar-refractivity contribution in [1.29, 1.82) is 0 Å². The highest BCUT2D eigenvalue weighted by atomic mass is 32.2. The second kappa shape index (κ2) is 5.08. The Morgan fingerprint density at radius 2 is 2.25 bits per heavy atom. The molecule has 1 heterocycles. The highest BCUT2D eigenvalue weighted by Crippen LogP contribution is 2.42. The van der Waals surface area contributed by atoms with E-state index in [0.717, 1.165) is 12.1 Å². The number of urea groups is 1. The van der Waals surface area contributed by atoms with Gasteiger partial charge in [-0.2, -0.15) is 16.9 Å². The lowest BCUT2D eigenvalue weighted by Crippen LogP contribution is -2.38. The number of carbonyl (C=O) groups excluding carboxylic acids is 1. The molecule has 0 aromatic heterocycles. The van der Waals surface area contributed by atoms with Crippen LogP contribution in [-0.4, -0.2) is 22.2 Å². The smallest absolute Gasteiger partial charge is 0.332 e. The summed E-state index contributed by atoms with van der Waals surface area (Å²) in [6, 6.07) is -0.564. The molecular formula is C11H19N3OS. The molecule has 4 nitrogen and oxygen atoms in total. The van der Waals surface area contributed by atoms with Crippen LogP contribution in [0.25, 0.3) is 0 Å². The van der Waals surface area contributed by atoms with Crippen LogP contribution < -0.4 is 11.2 Å². The molecule has 5 heteroatoms. The summed E-state index contributed by atoms with van der Waals surface area (Å²) in [6.45, 7) is 2.23. The molecule has 2 aliphatic rings. The molecule has 2 fully saturated rings. The number of nitrogens with one attached hydrogen (secondary N) is 1. The summed E-state index contributed by atoms with van der Waals surface area (Å²) < 4.78 is 0. The number of thioether (sulfide) groups is 1. The monoisotopic (exact) mass is 241 g/mol. The van der Waals surface area contributed by atoms with Gasteiger partial charge in [0, 0.05) is 22.1 Å². The Hall–Kier alpha value is -0.710. The predicted molar refractivity (Wildman–Crippen MR) is 67.6 cm³/mol. The second-order valence-electron chi connectivity index (χ2n) is 4.66. The van der Waals surface area contributed by atoms with Crippen LogP contribution in [0.1, 0.15) is 39.0 Å². The molecule has 1 aliphatic carbocycles. The fourth-order valence-electron chi connectivity index (χ4n) is 2.69. The molecule has 0 bridgehead atoms. The lowest BCUT2D eigenvalue weighted by atomic mass is 9.83. The molecule has 1 saturated heterocycles. The third-order valence-electron chi connectivity index (χ3n) is 3.34. The van der Waals surface area contributed by atoms with Crippen LogP contribution in [0.3, 0.4) is 0 Å². The number of nitrogens with zero attached hydrogens (tertiary/aromatic N) is 1. The van der Waals surface area contributed by atoms with E-state index in [-0.39, 0.29) is 0 Å². The number of hydrazone groups is 1. The number of nitrogens with two attached hydrogens (primary N) is 1. The number of rotatable bonds is 1. The van der Waals surface area contributed by atoms with Gasteiger partial charge in [0.05, 0.1) is 0 Å². The first-order valence-electron chi connectivity index (χ1n) is 5.94. The fraction of sp³-hybridized carbons (Fsp3) is 0.818. The Labute approximate surface area is 100 Å². The SMILES string of the molecule is C[C@@H]1C/C(=N/NC(N)=O)[C@@H]2CCCC[C@H]2S1. The van der Waals surface area contributed by atoms with Gasteiger partial charge in [-0.3, -0.25) is 0 Å². The summed E-state index contributed by atoms with van der Waals surface area (Å²) in [5.41, 5.74) is 8.58. The predicted octanol–water partition coefficient (Wildman–Crippen LogP) is 2.09. The van der Waals surface area contributed by atoms with E-state index in [1.807, 2.05) is 0 Å². The van der Waals surface area contributed by atoms with Gasteiger partial charge in [-0.15, -0.1) is 0 Å². The van der Waals surface area contributed by atoms with E-state index in [2.05, 4.69) is 29.2 Å². The molecular weight excluding hydrogens is 222 g/mol. The minimum Gasteiger partial charge on any atom is -0.350 e. The molecule has 2 amide bonds. The van der Waals surface area contributed by atoms with Crippen molar-refractivity contribution in [3.8, 4) is 0 Å². The van der Waals surface area contributed by atoms with Gasteiger partial charge in [0.2, 0.25) is 0 Å². The van der Waals surface area contributed by atoms with Crippen molar-refractivity contribution < 1.29 is 4.79 Å². The van der Waals surface area contributed by atoms with Crippen molar-refractivity contribution >= 4 is 23.5 Å². The van der Waals surface area contributed by atoms with Gasteiger partial charge in [-0.05, 0) is 19.3 Å². The van der Waals surface area contributed by atoms with E-state index in [9.17, 15) is 4.79 Å². The Balaban J connectivity index is 2.08. The maximum absolute atomic E-state index is 10.7. The number of fused-ring (bicyclic) bond motifs is 1. The number of hydrogen-bond donors (Lipinski definition) is 2. The Morgan fingerprint density at radius 1 is 1.50 bits per heavy atom. The molecule has 2 rings (SSSR count). The van der Waals surface area contributed by atoms with E-state index in [0.29, 0.717) is 16.4 Å². The van der Waals surface area contributed by atoms with Crippen LogP contribution in [-0.2, 0) is 0 Å². The molecule has 90 valence electrons. The maximum Gasteiger partial charge on any atom is 0.332 e. The average molecular weight is 241 g/mol. The molecule has 0 spiro atoms. The Morgan fingerprint density at radius 3 is 3.00 bits per heavy atom. The van der Waals surface area contributed by atoms with Crippen LogP contribution in [0.4, 0.5) is 4.79 Å². The summed E-state index contributed by atoms with van der Waals surface area (Å²) in [4.78, 5) is 10.7. The van der Waals surface area contributed by atoms with Crippen LogP contribution >= 0.6 is 11.8 Å². The average Bonchev–Trinajstić information content (AvgIpc) is 2.25. The highest BCUT2D eigenvalue weighted by Gasteiger charge is 2.35. The molecule has 3 N–H and O–H groups in total. The summed E-state index contributed by atoms with van der Waals surface area (Å²) >= 11 is 2.08. The zero-order valence-electron chi connectivity index (χ0n) is 9.61. The first-order valence-corrected chi connectivity index (χ1v) is 6.88. The molecule has 1 aliphatic heterocycles. The van der Waals surface area contributed by atoms with Gasteiger partial charge in [0.1, 0.15) is 0 Å². The van der Waals surface area contributed by atoms with Gasteiger partial charge in [0.15, 0.2) is 0 Å². The summed E-state index contributed by atoms with van der Waals surface area (Å²) in [7, 11) is 0. The van der Waals surface area contributed by atoms with E-state index in [1.54, 1.807) is 0 Å². The van der Waals surface area contributed by atoms with E-state index < -0.39 is 6.03 Å². The van der Waals surface area contributed by atoms with Gasteiger partial charge in [-0.1, -0.05) is 19.8 Å². The standard InChI is InChI=1S/C11H19N3OS/c1-7-6-9(13-14-11(12)15)8-4-2-3-5-10(8)16-7/h7-8,10H,2-6H2,1H3,(H3,12,14,15)/b13-9-/t7-,8+,10-/m1/s1. The lowest BCUT2D eigenvalue weighted by molar-refractivity contribution is 0.249. The minimum absolute atomic E-state index is 0.557. The summed E-state index contributed by atoms with van der Waals surface area (Å²) in [5.74, 6) is 0.557. The van der Waals surface area contributed by atoms with E-state index in [1.165, 1.54) is 25.7 Å². The number of amides is 2. The molecule has 0 radical (unpaired) electrons. The van der Waals surface area contributed by atoms with Gasteiger partial charge >= 0.3 is 6.03 Å². The van der Waals surface area contributed by atoms with Gasteiger partial charge < -0.3 is 5.73 Å². The zero-order valence-corrected chi connectivity index (χ0v) is 10.4. The van der Waals surface area contributed by atoms with Crippen molar-refractivity contribution in [2.24, 2.45) is 16.8 Å². The molecule has 1 saturated carbocycles. The van der Waals surface area contributed by atoms with Crippen molar-refractivity contribution in [3.05, 3.63) is 0 Å². The molecule has 3 atom stereocenters. The van der Waals surface area contributed by atoms with E-state index >= 15 is 0 Å². The van der Waals surface area contributed by atoms with Crippen molar-refractivity contribution in [2.45, 2.75) is 49.5 Å². The van der Waals surface area contributed by atoms with Crippen LogP contribution in [0.5, 0.6) is 0 Å². The molecule has 16 heavy (non-hydrogen) atoms. The van der Waals surface area contributed by atoms with Gasteiger partial charge in [0.25, 0.3) is 0 Å².